The van der Waals surface area contributed by atoms with E-state index < -0.39 is 5.60 Å². The molecule has 0 aliphatic heterocycles. The average molecular weight is 198 g/mol. The van der Waals surface area contributed by atoms with E-state index in [1.807, 2.05) is 13.8 Å². The van der Waals surface area contributed by atoms with Crippen molar-refractivity contribution in [2.45, 2.75) is 39.3 Å². The molecular formula is C10H18N2O2. The third kappa shape index (κ3) is 3.47. The molecule has 0 radical (unpaired) electrons. The van der Waals surface area contributed by atoms with Crippen molar-refractivity contribution in [3.8, 4) is 0 Å². The molecule has 2 N–H and O–H groups in total. The van der Waals surface area contributed by atoms with E-state index in [0.717, 1.165) is 5.76 Å². The van der Waals surface area contributed by atoms with Gasteiger partial charge in [-0.1, -0.05) is 0 Å². The molecule has 80 valence electrons. The van der Waals surface area contributed by atoms with Gasteiger partial charge in [-0.2, -0.15) is 0 Å². The van der Waals surface area contributed by atoms with Gasteiger partial charge in [-0.05, 0) is 27.7 Å². The van der Waals surface area contributed by atoms with Crippen LogP contribution in [0.25, 0.3) is 0 Å². The first-order valence-electron chi connectivity index (χ1n) is 4.76. The van der Waals surface area contributed by atoms with Gasteiger partial charge in [0.1, 0.15) is 5.76 Å². The van der Waals surface area contributed by atoms with Crippen LogP contribution in [0.15, 0.2) is 10.6 Å². The number of aliphatic hydroxyl groups is 1. The third-order valence-electron chi connectivity index (χ3n) is 1.85. The molecule has 0 saturated heterocycles. The maximum atomic E-state index is 9.51. The lowest BCUT2D eigenvalue weighted by Gasteiger charge is -2.20. The number of rotatable bonds is 4. The standard InChI is InChI=1S/C10H18N2O2/c1-7-5-11-9(14-7)8(2)12-6-10(3,4)13/h5,8,12-13H,6H2,1-4H3. The molecule has 1 rings (SSSR count). The maximum Gasteiger partial charge on any atom is 0.211 e. The molecule has 0 aliphatic rings. The van der Waals surface area contributed by atoms with E-state index in [4.69, 9.17) is 4.42 Å². The summed E-state index contributed by atoms with van der Waals surface area (Å²) in [7, 11) is 0. The van der Waals surface area contributed by atoms with Crippen molar-refractivity contribution in [3.63, 3.8) is 0 Å². The monoisotopic (exact) mass is 198 g/mol. The van der Waals surface area contributed by atoms with E-state index in [1.54, 1.807) is 20.0 Å². The molecule has 1 heterocycles. The Kier molecular flexibility index (Phi) is 3.29. The second-order valence-corrected chi connectivity index (χ2v) is 4.22. The van der Waals surface area contributed by atoms with Gasteiger partial charge < -0.3 is 14.8 Å². The topological polar surface area (TPSA) is 58.3 Å². The van der Waals surface area contributed by atoms with Crippen LogP contribution in [0.4, 0.5) is 0 Å². The second-order valence-electron chi connectivity index (χ2n) is 4.22. The Hall–Kier alpha value is -0.870. The summed E-state index contributed by atoms with van der Waals surface area (Å²) in [5.74, 6) is 1.46. The first kappa shape index (κ1) is 11.2. The summed E-state index contributed by atoms with van der Waals surface area (Å²) in [6.07, 6.45) is 1.69. The number of nitrogens with one attached hydrogen (secondary N) is 1. The molecule has 0 saturated carbocycles. The van der Waals surface area contributed by atoms with E-state index in [9.17, 15) is 5.11 Å². The van der Waals surface area contributed by atoms with Crippen LogP contribution < -0.4 is 5.32 Å². The molecular weight excluding hydrogens is 180 g/mol. The first-order valence-corrected chi connectivity index (χ1v) is 4.76. The Morgan fingerprint density at radius 1 is 1.64 bits per heavy atom. The SMILES string of the molecule is Cc1cnc(C(C)NCC(C)(C)O)o1. The Morgan fingerprint density at radius 2 is 2.29 bits per heavy atom. The quantitative estimate of drug-likeness (QED) is 0.768. The fourth-order valence-electron chi connectivity index (χ4n) is 1.06. The maximum absolute atomic E-state index is 9.51. The lowest BCUT2D eigenvalue weighted by Crippen LogP contribution is -2.36. The Balaban J connectivity index is 2.47. The van der Waals surface area contributed by atoms with Crippen LogP contribution >= 0.6 is 0 Å². The molecule has 1 atom stereocenters. The van der Waals surface area contributed by atoms with Crippen molar-refractivity contribution in [2.75, 3.05) is 6.54 Å². The number of hydrogen-bond acceptors (Lipinski definition) is 4. The van der Waals surface area contributed by atoms with Gasteiger partial charge in [0, 0.05) is 6.54 Å². The van der Waals surface area contributed by atoms with Crippen LogP contribution in [0.2, 0.25) is 0 Å². The average Bonchev–Trinajstić information content (AvgIpc) is 2.46. The number of aromatic nitrogens is 1. The van der Waals surface area contributed by atoms with Crippen molar-refractivity contribution < 1.29 is 9.52 Å². The zero-order chi connectivity index (χ0) is 10.8. The molecule has 1 aromatic rings. The van der Waals surface area contributed by atoms with Gasteiger partial charge in [0.25, 0.3) is 0 Å². The van der Waals surface area contributed by atoms with E-state index in [0.29, 0.717) is 12.4 Å². The molecule has 0 spiro atoms. The van der Waals surface area contributed by atoms with Crippen LogP contribution in [0.5, 0.6) is 0 Å². The fraction of sp³-hybridized carbons (Fsp3) is 0.700. The van der Waals surface area contributed by atoms with Crippen LogP contribution in [-0.2, 0) is 0 Å². The van der Waals surface area contributed by atoms with Crippen molar-refractivity contribution in [1.29, 1.82) is 0 Å². The summed E-state index contributed by atoms with van der Waals surface area (Å²) >= 11 is 0. The smallest absolute Gasteiger partial charge is 0.211 e. The van der Waals surface area contributed by atoms with Crippen LogP contribution in [0, 0.1) is 6.92 Å². The van der Waals surface area contributed by atoms with Crippen LogP contribution in [-0.4, -0.2) is 22.2 Å². The van der Waals surface area contributed by atoms with Gasteiger partial charge in [0.15, 0.2) is 0 Å². The van der Waals surface area contributed by atoms with E-state index >= 15 is 0 Å². The molecule has 0 aliphatic carbocycles. The lowest BCUT2D eigenvalue weighted by molar-refractivity contribution is 0.0759. The largest absolute Gasteiger partial charge is 0.444 e. The van der Waals surface area contributed by atoms with E-state index in [-0.39, 0.29) is 6.04 Å². The molecule has 0 aromatic carbocycles. The fourth-order valence-corrected chi connectivity index (χ4v) is 1.06. The van der Waals surface area contributed by atoms with E-state index in [2.05, 4.69) is 10.3 Å². The highest BCUT2D eigenvalue weighted by Crippen LogP contribution is 2.12. The number of hydrogen-bond donors (Lipinski definition) is 2. The van der Waals surface area contributed by atoms with Gasteiger partial charge in [-0.3, -0.25) is 0 Å². The van der Waals surface area contributed by atoms with E-state index in [1.165, 1.54) is 0 Å². The number of aryl methyl sites for hydroxylation is 1. The van der Waals surface area contributed by atoms with Crippen molar-refractivity contribution >= 4 is 0 Å². The van der Waals surface area contributed by atoms with Gasteiger partial charge in [-0.15, -0.1) is 0 Å². The lowest BCUT2D eigenvalue weighted by atomic mass is 10.1. The highest BCUT2D eigenvalue weighted by Gasteiger charge is 2.16. The number of oxazole rings is 1. The Morgan fingerprint density at radius 3 is 2.71 bits per heavy atom. The van der Waals surface area contributed by atoms with Crippen molar-refractivity contribution in [2.24, 2.45) is 0 Å². The molecule has 4 nitrogen and oxygen atoms in total. The molecule has 14 heavy (non-hydrogen) atoms. The minimum Gasteiger partial charge on any atom is -0.444 e. The predicted molar refractivity (Wildman–Crippen MR) is 54.0 cm³/mol. The van der Waals surface area contributed by atoms with Gasteiger partial charge in [-0.25, -0.2) is 4.98 Å². The highest BCUT2D eigenvalue weighted by molar-refractivity contribution is 4.95. The summed E-state index contributed by atoms with van der Waals surface area (Å²) in [5.41, 5.74) is -0.712. The summed E-state index contributed by atoms with van der Waals surface area (Å²) < 4.78 is 5.36. The van der Waals surface area contributed by atoms with Crippen LogP contribution in [0.1, 0.15) is 38.5 Å². The zero-order valence-electron chi connectivity index (χ0n) is 9.16. The van der Waals surface area contributed by atoms with Crippen LogP contribution in [0.3, 0.4) is 0 Å². The molecule has 4 heteroatoms. The minimum atomic E-state index is -0.712. The summed E-state index contributed by atoms with van der Waals surface area (Å²) in [6, 6.07) is 0.0233. The molecule has 0 fully saturated rings. The first-order chi connectivity index (χ1) is 6.38. The second kappa shape index (κ2) is 4.11. The molecule has 0 bridgehead atoms. The zero-order valence-corrected chi connectivity index (χ0v) is 9.16. The Bertz CT molecular complexity index is 289. The molecule has 1 aromatic heterocycles. The van der Waals surface area contributed by atoms with Gasteiger partial charge >= 0.3 is 0 Å². The third-order valence-corrected chi connectivity index (χ3v) is 1.85. The summed E-state index contributed by atoms with van der Waals surface area (Å²) in [6.45, 7) is 7.84. The normalized spacial score (nSPS) is 14.4. The van der Waals surface area contributed by atoms with Crippen molar-refractivity contribution in [3.05, 3.63) is 17.8 Å². The highest BCUT2D eigenvalue weighted by atomic mass is 16.4. The number of nitrogens with zero attached hydrogens (tertiary/aromatic N) is 1. The predicted octanol–water partition coefficient (Wildman–Crippen LogP) is 1.40. The van der Waals surface area contributed by atoms with Gasteiger partial charge in [0.2, 0.25) is 5.89 Å². The Labute approximate surface area is 84.3 Å². The molecule has 1 unspecified atom stereocenters. The van der Waals surface area contributed by atoms with Gasteiger partial charge in [0.05, 0.1) is 17.8 Å². The van der Waals surface area contributed by atoms with Crippen molar-refractivity contribution in [1.82, 2.24) is 10.3 Å². The minimum absolute atomic E-state index is 0.0233. The molecule has 0 amide bonds. The summed E-state index contributed by atoms with van der Waals surface area (Å²) in [4.78, 5) is 4.11. The summed E-state index contributed by atoms with van der Waals surface area (Å²) in [5, 5.41) is 12.7.